The molecule has 0 amide bonds. The van der Waals surface area contributed by atoms with Crippen molar-refractivity contribution < 1.29 is 5.11 Å². The molecule has 1 radical (unpaired) electrons. The zero-order chi connectivity index (χ0) is 7.84. The molecule has 0 aromatic carbocycles. The van der Waals surface area contributed by atoms with Crippen LogP contribution in [-0.2, 0) is 12.2 Å². The zero-order valence-corrected chi connectivity index (χ0v) is 6.11. The second kappa shape index (κ2) is 1.99. The van der Waals surface area contributed by atoms with Crippen molar-refractivity contribution in [3.05, 3.63) is 24.5 Å². The highest BCUT2D eigenvalue weighted by atomic mass is 16.3. The number of aromatic nitrogens is 2. The molecule has 2 rings (SSSR count). The summed E-state index contributed by atoms with van der Waals surface area (Å²) >= 11 is 0. The molecular weight excluding hydrogens is 140 g/mol. The van der Waals surface area contributed by atoms with Crippen LogP contribution in [0.2, 0.25) is 0 Å². The Kier molecular flexibility index (Phi) is 1.12. The fourth-order valence-corrected chi connectivity index (χ4v) is 1.20. The van der Waals surface area contributed by atoms with Crippen molar-refractivity contribution in [2.45, 2.75) is 0 Å². The number of fused-ring (bicyclic) bond motifs is 1. The van der Waals surface area contributed by atoms with Gasteiger partial charge in [0, 0.05) is 24.8 Å². The third-order valence-electron chi connectivity index (χ3n) is 1.75. The van der Waals surface area contributed by atoms with E-state index >= 15 is 0 Å². The molecule has 55 valence electrons. The van der Waals surface area contributed by atoms with Crippen molar-refractivity contribution in [3.63, 3.8) is 0 Å². The standard InChI is InChI=1S/C8H7N2O/c1-10-5-3-6-2-4-9-8(11)7(6)10/h2-5H,1H3. The second-order valence-corrected chi connectivity index (χ2v) is 2.48. The van der Waals surface area contributed by atoms with E-state index in [2.05, 4.69) is 4.98 Å². The van der Waals surface area contributed by atoms with Crippen LogP contribution in [0.4, 0.5) is 0 Å². The Hall–Kier alpha value is -1.51. The Morgan fingerprint density at radius 3 is 3.00 bits per heavy atom. The molecule has 3 nitrogen and oxygen atoms in total. The highest BCUT2D eigenvalue weighted by Gasteiger charge is 2.04. The van der Waals surface area contributed by atoms with E-state index in [0.717, 1.165) is 5.39 Å². The van der Waals surface area contributed by atoms with Gasteiger partial charge in [-0.25, -0.2) is 4.98 Å². The smallest absolute Gasteiger partial charge is 0.294 e. The normalized spacial score (nSPS) is 10.6. The molecule has 0 spiro atoms. The van der Waals surface area contributed by atoms with Crippen LogP contribution < -0.4 is 0 Å². The van der Waals surface area contributed by atoms with Crippen molar-refractivity contribution in [3.8, 4) is 5.88 Å². The second-order valence-electron chi connectivity index (χ2n) is 2.48. The summed E-state index contributed by atoms with van der Waals surface area (Å²) in [5.74, 6) is -0.157. The van der Waals surface area contributed by atoms with Crippen LogP contribution in [-0.4, -0.2) is 9.55 Å². The lowest BCUT2D eigenvalue weighted by molar-refractivity contribution is 0.341. The molecule has 0 bridgehead atoms. The van der Waals surface area contributed by atoms with Crippen LogP contribution in [0.15, 0.2) is 24.5 Å². The number of pyridine rings is 1. The number of hydrogen-bond acceptors (Lipinski definition) is 1. The summed E-state index contributed by atoms with van der Waals surface area (Å²) in [5.41, 5.74) is 0.674. The maximum atomic E-state index is 11.1. The van der Waals surface area contributed by atoms with Crippen LogP contribution in [0.3, 0.4) is 0 Å². The number of aryl methyl sites for hydroxylation is 1. The van der Waals surface area contributed by atoms with E-state index in [0.29, 0.717) is 5.52 Å². The van der Waals surface area contributed by atoms with Crippen LogP contribution in [0.5, 0.6) is 5.88 Å². The summed E-state index contributed by atoms with van der Waals surface area (Å²) in [6.45, 7) is 0. The Morgan fingerprint density at radius 2 is 2.27 bits per heavy atom. The highest BCUT2D eigenvalue weighted by Crippen LogP contribution is 2.21. The van der Waals surface area contributed by atoms with Crippen molar-refractivity contribution in [2.75, 3.05) is 0 Å². The van der Waals surface area contributed by atoms with Gasteiger partial charge in [0.25, 0.3) is 5.88 Å². The van der Waals surface area contributed by atoms with E-state index in [4.69, 9.17) is 0 Å². The van der Waals surface area contributed by atoms with Crippen LogP contribution in [0.25, 0.3) is 10.9 Å². The summed E-state index contributed by atoms with van der Waals surface area (Å²) in [6, 6.07) is 3.73. The number of rotatable bonds is 0. The van der Waals surface area contributed by atoms with Gasteiger partial charge in [0.15, 0.2) is 0 Å². The maximum Gasteiger partial charge on any atom is 0.294 e. The first-order chi connectivity index (χ1) is 5.29. The van der Waals surface area contributed by atoms with Crippen molar-refractivity contribution in [1.82, 2.24) is 9.55 Å². The lowest BCUT2D eigenvalue weighted by Crippen LogP contribution is -1.84. The minimum absolute atomic E-state index is 0.157. The lowest BCUT2D eigenvalue weighted by Gasteiger charge is -1.94. The minimum atomic E-state index is -0.157. The molecule has 0 unspecified atom stereocenters. The van der Waals surface area contributed by atoms with Gasteiger partial charge in [-0.15, -0.1) is 0 Å². The van der Waals surface area contributed by atoms with Crippen molar-refractivity contribution in [2.24, 2.45) is 7.05 Å². The number of nitrogens with zero attached hydrogens (tertiary/aromatic N) is 2. The third-order valence-corrected chi connectivity index (χ3v) is 1.75. The zero-order valence-electron chi connectivity index (χ0n) is 6.11. The summed E-state index contributed by atoms with van der Waals surface area (Å²) in [4.78, 5) is 3.66. The molecule has 2 heterocycles. The molecule has 2 aromatic heterocycles. The Morgan fingerprint density at radius 1 is 1.45 bits per heavy atom. The number of hydrogen-bond donors (Lipinski definition) is 0. The average Bonchev–Trinajstić information content (AvgIpc) is 2.34. The van der Waals surface area contributed by atoms with E-state index in [9.17, 15) is 5.11 Å². The molecule has 2 aromatic rings. The van der Waals surface area contributed by atoms with E-state index in [-0.39, 0.29) is 5.88 Å². The molecule has 11 heavy (non-hydrogen) atoms. The van der Waals surface area contributed by atoms with Gasteiger partial charge in [-0.1, -0.05) is 0 Å². The van der Waals surface area contributed by atoms with Gasteiger partial charge in [0.2, 0.25) is 0 Å². The lowest BCUT2D eigenvalue weighted by atomic mass is 10.3. The van der Waals surface area contributed by atoms with Gasteiger partial charge in [-0.3, -0.25) is 5.11 Å². The van der Waals surface area contributed by atoms with Crippen molar-refractivity contribution in [1.29, 1.82) is 0 Å². The molecule has 3 heteroatoms. The van der Waals surface area contributed by atoms with Gasteiger partial charge in [-0.05, 0) is 12.1 Å². The van der Waals surface area contributed by atoms with E-state index in [1.807, 2.05) is 25.4 Å². The molecule has 0 aliphatic carbocycles. The quantitative estimate of drug-likeness (QED) is 0.559. The molecule has 0 fully saturated rings. The predicted octanol–water partition coefficient (Wildman–Crippen LogP) is 1.72. The predicted molar refractivity (Wildman–Crippen MR) is 40.8 cm³/mol. The average molecular weight is 147 g/mol. The molecule has 0 saturated heterocycles. The first kappa shape index (κ1) is 6.22. The molecule has 0 aliphatic heterocycles. The van der Waals surface area contributed by atoms with E-state index in [1.165, 1.54) is 6.20 Å². The van der Waals surface area contributed by atoms with Crippen LogP contribution in [0, 0.1) is 0 Å². The molecule has 0 aliphatic rings. The van der Waals surface area contributed by atoms with Crippen LogP contribution >= 0.6 is 0 Å². The van der Waals surface area contributed by atoms with Gasteiger partial charge in [-0.2, -0.15) is 0 Å². The Labute approximate surface area is 63.9 Å². The van der Waals surface area contributed by atoms with Gasteiger partial charge in [0.1, 0.15) is 5.52 Å². The van der Waals surface area contributed by atoms with Gasteiger partial charge >= 0.3 is 0 Å². The molecule has 0 saturated carbocycles. The first-order valence-corrected chi connectivity index (χ1v) is 3.36. The first-order valence-electron chi connectivity index (χ1n) is 3.36. The molecule has 0 N–H and O–H groups in total. The SMILES string of the molecule is Cn1ccc2ccnc([O])c21. The summed E-state index contributed by atoms with van der Waals surface area (Å²) < 4.78 is 1.78. The Balaban J connectivity index is 2.96. The maximum absolute atomic E-state index is 11.1. The third kappa shape index (κ3) is 0.774. The molecular formula is C8H7N2O. The van der Waals surface area contributed by atoms with Gasteiger partial charge in [0.05, 0.1) is 0 Å². The summed E-state index contributed by atoms with van der Waals surface area (Å²) in [7, 11) is 1.84. The van der Waals surface area contributed by atoms with Gasteiger partial charge < -0.3 is 4.57 Å². The van der Waals surface area contributed by atoms with Crippen LogP contribution in [0.1, 0.15) is 0 Å². The highest BCUT2D eigenvalue weighted by molar-refractivity contribution is 5.83. The minimum Gasteiger partial charge on any atom is -0.346 e. The summed E-state index contributed by atoms with van der Waals surface area (Å²) in [6.07, 6.45) is 3.39. The Bertz CT molecular complexity index is 392. The molecule has 0 atom stereocenters. The van der Waals surface area contributed by atoms with Crippen molar-refractivity contribution >= 4 is 10.9 Å². The van der Waals surface area contributed by atoms with E-state index < -0.39 is 0 Å². The fraction of sp³-hybridized carbons (Fsp3) is 0.125. The summed E-state index contributed by atoms with van der Waals surface area (Å²) in [5, 5.41) is 12.1. The largest absolute Gasteiger partial charge is 0.346 e. The monoisotopic (exact) mass is 147 g/mol. The topological polar surface area (TPSA) is 37.7 Å². The fourth-order valence-electron chi connectivity index (χ4n) is 1.20. The van der Waals surface area contributed by atoms with E-state index in [1.54, 1.807) is 4.57 Å².